The van der Waals surface area contributed by atoms with E-state index in [9.17, 15) is 4.79 Å². The summed E-state index contributed by atoms with van der Waals surface area (Å²) in [7, 11) is 0. The predicted molar refractivity (Wildman–Crippen MR) is 140 cm³/mol. The van der Waals surface area contributed by atoms with Crippen molar-refractivity contribution in [2.75, 3.05) is 92.5 Å². The second-order valence-corrected chi connectivity index (χ2v) is 9.39. The molecule has 0 aliphatic carbocycles. The minimum Gasteiger partial charge on any atom is -0.460 e. The molecule has 0 spiro atoms. The lowest BCUT2D eigenvalue weighted by atomic mass is 10.1. The summed E-state index contributed by atoms with van der Waals surface area (Å²) in [5.74, 6) is -0.255. The fourth-order valence-electron chi connectivity index (χ4n) is 2.95. The summed E-state index contributed by atoms with van der Waals surface area (Å²) in [5.41, 5.74) is -0.462. The molecule has 0 saturated heterocycles. The SMILES string of the molecule is CCCCCCCCOCCOCCOCCOCCOCCOCCOCCC(=O)OC(C)(C)C. The van der Waals surface area contributed by atoms with Gasteiger partial charge in [-0.1, -0.05) is 39.0 Å². The first-order valence-corrected chi connectivity index (χ1v) is 13.7. The van der Waals surface area contributed by atoms with Gasteiger partial charge >= 0.3 is 5.97 Å². The molecule has 0 saturated carbocycles. The normalized spacial score (nSPS) is 11.8. The molecule has 36 heavy (non-hydrogen) atoms. The number of esters is 1. The summed E-state index contributed by atoms with van der Waals surface area (Å²) in [6.07, 6.45) is 7.93. The zero-order chi connectivity index (χ0) is 26.6. The standard InChI is InChI=1S/C27H54O9/c1-5-6-7-8-9-10-12-29-14-16-31-18-20-33-22-24-35-25-23-34-21-19-32-17-15-30-13-11-26(28)36-27(2,3)4/h5-25H2,1-4H3. The molecule has 0 aromatic heterocycles. The van der Waals surface area contributed by atoms with Crippen LogP contribution in [0, 0.1) is 0 Å². The Hall–Kier alpha value is -0.810. The van der Waals surface area contributed by atoms with Crippen LogP contribution in [-0.4, -0.2) is 104 Å². The monoisotopic (exact) mass is 522 g/mol. The van der Waals surface area contributed by atoms with E-state index in [1.54, 1.807) is 0 Å². The van der Waals surface area contributed by atoms with E-state index in [1.807, 2.05) is 20.8 Å². The maximum Gasteiger partial charge on any atom is 0.308 e. The van der Waals surface area contributed by atoms with Gasteiger partial charge in [-0.2, -0.15) is 0 Å². The van der Waals surface area contributed by atoms with Crippen molar-refractivity contribution in [3.8, 4) is 0 Å². The Morgan fingerprint density at radius 2 is 0.806 bits per heavy atom. The largest absolute Gasteiger partial charge is 0.460 e. The van der Waals surface area contributed by atoms with Gasteiger partial charge in [-0.15, -0.1) is 0 Å². The minimum absolute atomic E-state index is 0.244. The Morgan fingerprint density at radius 3 is 1.19 bits per heavy atom. The van der Waals surface area contributed by atoms with E-state index >= 15 is 0 Å². The van der Waals surface area contributed by atoms with Gasteiger partial charge in [0.25, 0.3) is 0 Å². The molecule has 0 bridgehead atoms. The van der Waals surface area contributed by atoms with E-state index in [1.165, 1.54) is 32.1 Å². The molecule has 0 aliphatic rings. The lowest BCUT2D eigenvalue weighted by molar-refractivity contribution is -0.156. The summed E-state index contributed by atoms with van der Waals surface area (Å²) < 4.78 is 43.4. The highest BCUT2D eigenvalue weighted by Crippen LogP contribution is 2.08. The maximum absolute atomic E-state index is 11.5. The van der Waals surface area contributed by atoms with E-state index < -0.39 is 5.60 Å². The van der Waals surface area contributed by atoms with Gasteiger partial charge in [-0.25, -0.2) is 0 Å². The third kappa shape index (κ3) is 31.2. The van der Waals surface area contributed by atoms with Gasteiger partial charge < -0.3 is 37.9 Å². The number of carbonyl (C=O) groups is 1. The van der Waals surface area contributed by atoms with Gasteiger partial charge in [0.1, 0.15) is 5.60 Å². The van der Waals surface area contributed by atoms with Gasteiger partial charge in [0.05, 0.1) is 92.3 Å². The average Bonchev–Trinajstić information content (AvgIpc) is 2.82. The summed E-state index contributed by atoms with van der Waals surface area (Å²) in [4.78, 5) is 11.5. The van der Waals surface area contributed by atoms with Crippen LogP contribution in [0.15, 0.2) is 0 Å². The van der Waals surface area contributed by atoms with Crippen LogP contribution < -0.4 is 0 Å². The van der Waals surface area contributed by atoms with E-state index in [0.717, 1.165) is 13.0 Å². The molecule has 0 aromatic carbocycles. The van der Waals surface area contributed by atoms with Crippen LogP contribution in [0.4, 0.5) is 0 Å². The number of rotatable bonds is 28. The Kier molecular flexibility index (Phi) is 26.6. The molecular weight excluding hydrogens is 468 g/mol. The molecule has 0 atom stereocenters. The molecular formula is C27H54O9. The van der Waals surface area contributed by atoms with Gasteiger partial charge in [-0.3, -0.25) is 4.79 Å². The van der Waals surface area contributed by atoms with Gasteiger partial charge in [-0.05, 0) is 27.2 Å². The van der Waals surface area contributed by atoms with Crippen LogP contribution in [-0.2, 0) is 42.7 Å². The summed E-state index contributed by atoms with van der Waals surface area (Å²) >= 11 is 0. The van der Waals surface area contributed by atoms with E-state index in [2.05, 4.69) is 6.92 Å². The molecule has 0 radical (unpaired) electrons. The first-order valence-electron chi connectivity index (χ1n) is 13.7. The Bertz CT molecular complexity index is 455. The summed E-state index contributed by atoms with van der Waals surface area (Å²) in [5, 5.41) is 0. The lowest BCUT2D eigenvalue weighted by Gasteiger charge is -2.19. The highest BCUT2D eigenvalue weighted by Gasteiger charge is 2.15. The minimum atomic E-state index is -0.462. The molecule has 0 aliphatic heterocycles. The third-order valence-corrected chi connectivity index (χ3v) is 4.74. The number of hydrogen-bond donors (Lipinski definition) is 0. The van der Waals surface area contributed by atoms with E-state index in [-0.39, 0.29) is 12.4 Å². The Labute approximate surface area is 219 Å². The lowest BCUT2D eigenvalue weighted by Crippen LogP contribution is -2.24. The zero-order valence-corrected chi connectivity index (χ0v) is 23.5. The fourth-order valence-corrected chi connectivity index (χ4v) is 2.95. The second kappa shape index (κ2) is 27.2. The van der Waals surface area contributed by atoms with Crippen LogP contribution >= 0.6 is 0 Å². The molecule has 0 fully saturated rings. The van der Waals surface area contributed by atoms with Crippen LogP contribution in [0.25, 0.3) is 0 Å². The number of carbonyl (C=O) groups excluding carboxylic acids is 1. The quantitative estimate of drug-likeness (QED) is 0.111. The average molecular weight is 523 g/mol. The van der Waals surface area contributed by atoms with Crippen molar-refractivity contribution < 1.29 is 42.7 Å². The number of hydrogen-bond acceptors (Lipinski definition) is 9. The first kappa shape index (κ1) is 35.2. The molecule has 0 aromatic rings. The van der Waals surface area contributed by atoms with Crippen molar-refractivity contribution in [3.05, 3.63) is 0 Å². The van der Waals surface area contributed by atoms with Crippen molar-refractivity contribution in [3.63, 3.8) is 0 Å². The zero-order valence-electron chi connectivity index (χ0n) is 23.5. The summed E-state index contributed by atoms with van der Waals surface area (Å²) in [6.45, 7) is 15.3. The predicted octanol–water partition coefficient (Wildman–Crippen LogP) is 4.19. The molecule has 0 heterocycles. The molecule has 0 amide bonds. The number of ether oxygens (including phenoxy) is 8. The van der Waals surface area contributed by atoms with Crippen LogP contribution in [0.5, 0.6) is 0 Å². The van der Waals surface area contributed by atoms with Gasteiger partial charge in [0, 0.05) is 6.61 Å². The molecule has 0 N–H and O–H groups in total. The van der Waals surface area contributed by atoms with Crippen LogP contribution in [0.2, 0.25) is 0 Å². The van der Waals surface area contributed by atoms with E-state index in [0.29, 0.717) is 85.9 Å². The molecule has 9 nitrogen and oxygen atoms in total. The molecule has 0 unspecified atom stereocenters. The van der Waals surface area contributed by atoms with Crippen LogP contribution in [0.1, 0.15) is 72.6 Å². The van der Waals surface area contributed by atoms with Crippen LogP contribution in [0.3, 0.4) is 0 Å². The molecule has 9 heteroatoms. The maximum atomic E-state index is 11.5. The summed E-state index contributed by atoms with van der Waals surface area (Å²) in [6, 6.07) is 0. The highest BCUT2D eigenvalue weighted by atomic mass is 16.6. The third-order valence-electron chi connectivity index (χ3n) is 4.74. The molecule has 0 rings (SSSR count). The second-order valence-electron chi connectivity index (χ2n) is 9.39. The molecule has 216 valence electrons. The number of unbranched alkanes of at least 4 members (excludes halogenated alkanes) is 5. The Morgan fingerprint density at radius 1 is 0.472 bits per heavy atom. The topological polar surface area (TPSA) is 90.9 Å². The van der Waals surface area contributed by atoms with Crippen molar-refractivity contribution in [2.24, 2.45) is 0 Å². The van der Waals surface area contributed by atoms with Crippen molar-refractivity contribution in [1.29, 1.82) is 0 Å². The fraction of sp³-hybridized carbons (Fsp3) is 0.963. The highest BCUT2D eigenvalue weighted by molar-refractivity contribution is 5.69. The van der Waals surface area contributed by atoms with Crippen molar-refractivity contribution >= 4 is 5.97 Å². The smallest absolute Gasteiger partial charge is 0.308 e. The van der Waals surface area contributed by atoms with Gasteiger partial charge in [0.15, 0.2) is 0 Å². The van der Waals surface area contributed by atoms with E-state index in [4.69, 9.17) is 37.9 Å². The first-order chi connectivity index (χ1) is 17.5. The van der Waals surface area contributed by atoms with Crippen molar-refractivity contribution in [1.82, 2.24) is 0 Å². The van der Waals surface area contributed by atoms with Gasteiger partial charge in [0.2, 0.25) is 0 Å². The van der Waals surface area contributed by atoms with Crippen molar-refractivity contribution in [2.45, 2.75) is 78.2 Å². The Balaban J connectivity index is 3.09.